The molecular formula is C11H22N2O4. The number of carboxylic acids is 1. The Morgan fingerprint density at radius 1 is 1.53 bits per heavy atom. The van der Waals surface area contributed by atoms with E-state index in [2.05, 4.69) is 5.32 Å². The molecule has 0 saturated carbocycles. The average Bonchev–Trinajstić information content (AvgIpc) is 2.32. The number of carboxylic acid groups (broad SMARTS) is 1. The minimum Gasteiger partial charge on any atom is -0.481 e. The van der Waals surface area contributed by atoms with Crippen LogP contribution in [-0.2, 0) is 14.3 Å². The highest BCUT2D eigenvalue weighted by Crippen LogP contribution is 2.19. The second-order valence-corrected chi connectivity index (χ2v) is 4.29. The number of nitrogens with two attached hydrogens (primary N) is 1. The van der Waals surface area contributed by atoms with Crippen molar-refractivity contribution in [3.05, 3.63) is 0 Å². The molecule has 0 aromatic rings. The summed E-state index contributed by atoms with van der Waals surface area (Å²) in [5, 5.41) is 11.6. The molecule has 0 aliphatic carbocycles. The van der Waals surface area contributed by atoms with Gasteiger partial charge < -0.3 is 20.9 Å². The van der Waals surface area contributed by atoms with Crippen LogP contribution in [0.2, 0.25) is 0 Å². The molecule has 0 fully saturated rings. The van der Waals surface area contributed by atoms with Gasteiger partial charge in [0.05, 0.1) is 17.9 Å². The minimum atomic E-state index is -0.930. The van der Waals surface area contributed by atoms with Gasteiger partial charge in [-0.15, -0.1) is 0 Å². The molecule has 0 aliphatic rings. The van der Waals surface area contributed by atoms with Crippen LogP contribution in [0.5, 0.6) is 0 Å². The summed E-state index contributed by atoms with van der Waals surface area (Å²) in [5.41, 5.74) is 4.46. The zero-order valence-electron chi connectivity index (χ0n) is 10.7. The van der Waals surface area contributed by atoms with Crippen molar-refractivity contribution in [3.63, 3.8) is 0 Å². The molecule has 0 saturated heterocycles. The molecule has 0 aromatic heterocycles. The minimum absolute atomic E-state index is 0.110. The second-order valence-electron chi connectivity index (χ2n) is 4.29. The summed E-state index contributed by atoms with van der Waals surface area (Å²) >= 11 is 0. The average molecular weight is 246 g/mol. The van der Waals surface area contributed by atoms with Gasteiger partial charge in [0.15, 0.2) is 0 Å². The highest BCUT2D eigenvalue weighted by molar-refractivity contribution is 5.79. The first-order valence-electron chi connectivity index (χ1n) is 5.62. The fraction of sp³-hybridized carbons (Fsp3) is 0.818. The third-order valence-corrected chi connectivity index (χ3v) is 2.98. The van der Waals surface area contributed by atoms with Crippen LogP contribution >= 0.6 is 0 Å². The van der Waals surface area contributed by atoms with Crippen LogP contribution in [0.25, 0.3) is 0 Å². The maximum Gasteiger partial charge on any atom is 0.311 e. The Morgan fingerprint density at radius 3 is 2.47 bits per heavy atom. The number of ether oxygens (including phenoxy) is 1. The highest BCUT2D eigenvalue weighted by Gasteiger charge is 2.31. The van der Waals surface area contributed by atoms with Crippen LogP contribution in [0.1, 0.15) is 26.7 Å². The van der Waals surface area contributed by atoms with Crippen LogP contribution in [0.4, 0.5) is 0 Å². The van der Waals surface area contributed by atoms with Crippen molar-refractivity contribution in [3.8, 4) is 0 Å². The van der Waals surface area contributed by atoms with E-state index in [4.69, 9.17) is 15.6 Å². The van der Waals surface area contributed by atoms with Crippen molar-refractivity contribution < 1.29 is 19.4 Å². The van der Waals surface area contributed by atoms with E-state index in [-0.39, 0.29) is 31.5 Å². The predicted octanol–water partition coefficient (Wildman–Crippen LogP) is -0.0327. The van der Waals surface area contributed by atoms with E-state index in [0.717, 1.165) is 0 Å². The van der Waals surface area contributed by atoms with Crippen LogP contribution < -0.4 is 11.1 Å². The van der Waals surface area contributed by atoms with Crippen LogP contribution in [-0.4, -0.2) is 43.3 Å². The predicted molar refractivity (Wildman–Crippen MR) is 63.5 cm³/mol. The molecule has 100 valence electrons. The van der Waals surface area contributed by atoms with Crippen LogP contribution in [0.3, 0.4) is 0 Å². The molecule has 0 aromatic carbocycles. The van der Waals surface area contributed by atoms with Gasteiger partial charge in [0.2, 0.25) is 5.91 Å². The second kappa shape index (κ2) is 7.24. The molecule has 0 rings (SSSR count). The Hall–Kier alpha value is -1.14. The van der Waals surface area contributed by atoms with Crippen molar-refractivity contribution in [2.45, 2.75) is 32.8 Å². The first-order chi connectivity index (χ1) is 7.89. The number of hydrogen-bond acceptors (Lipinski definition) is 4. The third-order valence-electron chi connectivity index (χ3n) is 2.98. The third kappa shape index (κ3) is 5.14. The summed E-state index contributed by atoms with van der Waals surface area (Å²) < 4.78 is 4.97. The Balaban J connectivity index is 4.19. The Bertz CT molecular complexity index is 266. The molecular weight excluding hydrogens is 224 g/mol. The molecule has 17 heavy (non-hydrogen) atoms. The number of aliphatic carboxylic acids is 1. The molecule has 0 aliphatic heterocycles. The van der Waals surface area contributed by atoms with Gasteiger partial charge in [0.1, 0.15) is 0 Å². The lowest BCUT2D eigenvalue weighted by atomic mass is 9.87. The first-order valence-corrected chi connectivity index (χ1v) is 5.62. The molecule has 6 heteroatoms. The number of hydrogen-bond donors (Lipinski definition) is 3. The molecule has 0 heterocycles. The fourth-order valence-corrected chi connectivity index (χ4v) is 1.19. The van der Waals surface area contributed by atoms with Gasteiger partial charge in [0, 0.05) is 20.2 Å². The van der Waals surface area contributed by atoms with E-state index in [0.29, 0.717) is 6.42 Å². The van der Waals surface area contributed by atoms with Crippen molar-refractivity contribution in [1.82, 2.24) is 5.32 Å². The van der Waals surface area contributed by atoms with Crippen LogP contribution in [0, 0.1) is 5.41 Å². The van der Waals surface area contributed by atoms with Gasteiger partial charge >= 0.3 is 5.97 Å². The van der Waals surface area contributed by atoms with Gasteiger partial charge in [-0.05, 0) is 13.3 Å². The first kappa shape index (κ1) is 15.9. The summed E-state index contributed by atoms with van der Waals surface area (Å²) in [4.78, 5) is 22.5. The largest absolute Gasteiger partial charge is 0.481 e. The molecule has 2 atom stereocenters. The summed E-state index contributed by atoms with van der Waals surface area (Å²) in [7, 11) is 1.48. The van der Waals surface area contributed by atoms with E-state index in [1.54, 1.807) is 13.8 Å². The van der Waals surface area contributed by atoms with E-state index < -0.39 is 11.4 Å². The zero-order valence-corrected chi connectivity index (χ0v) is 10.7. The standard InChI is InChI=1S/C11H22N2O4/c1-4-11(2,10(15)16)7-13-9(14)5-8(6-12)17-3/h8H,4-7,12H2,1-3H3,(H,13,14)(H,15,16). The Kier molecular flexibility index (Phi) is 6.75. The summed E-state index contributed by atoms with van der Waals surface area (Å²) in [6.45, 7) is 3.75. The molecule has 4 N–H and O–H groups in total. The molecule has 6 nitrogen and oxygen atoms in total. The van der Waals surface area contributed by atoms with E-state index in [9.17, 15) is 9.59 Å². The summed E-state index contributed by atoms with van der Waals surface area (Å²) in [6, 6.07) is 0. The number of rotatable bonds is 8. The Morgan fingerprint density at radius 2 is 2.12 bits per heavy atom. The SMILES string of the molecule is CCC(C)(CNC(=O)CC(CN)OC)C(=O)O. The molecule has 0 radical (unpaired) electrons. The van der Waals surface area contributed by atoms with E-state index in [1.165, 1.54) is 7.11 Å². The topological polar surface area (TPSA) is 102 Å². The number of nitrogens with one attached hydrogen (secondary N) is 1. The number of amides is 1. The fourth-order valence-electron chi connectivity index (χ4n) is 1.19. The maximum absolute atomic E-state index is 11.5. The zero-order chi connectivity index (χ0) is 13.5. The highest BCUT2D eigenvalue weighted by atomic mass is 16.5. The van der Waals surface area contributed by atoms with Gasteiger partial charge in [0.25, 0.3) is 0 Å². The van der Waals surface area contributed by atoms with E-state index in [1.807, 2.05) is 0 Å². The van der Waals surface area contributed by atoms with Gasteiger partial charge in [-0.3, -0.25) is 9.59 Å². The molecule has 2 unspecified atom stereocenters. The smallest absolute Gasteiger partial charge is 0.311 e. The normalized spacial score (nSPS) is 16.0. The van der Waals surface area contributed by atoms with Crippen molar-refractivity contribution in [2.75, 3.05) is 20.2 Å². The molecule has 0 bridgehead atoms. The van der Waals surface area contributed by atoms with Crippen molar-refractivity contribution in [1.29, 1.82) is 0 Å². The van der Waals surface area contributed by atoms with Gasteiger partial charge in [-0.25, -0.2) is 0 Å². The van der Waals surface area contributed by atoms with E-state index >= 15 is 0 Å². The lowest BCUT2D eigenvalue weighted by Crippen LogP contribution is -2.42. The lowest BCUT2D eigenvalue weighted by molar-refractivity contribution is -0.148. The maximum atomic E-state index is 11.5. The Labute approximate surface area is 102 Å². The lowest BCUT2D eigenvalue weighted by Gasteiger charge is -2.23. The summed E-state index contributed by atoms with van der Waals surface area (Å²) in [5.74, 6) is -1.16. The number of carbonyl (C=O) groups excluding carboxylic acids is 1. The van der Waals surface area contributed by atoms with Crippen LogP contribution in [0.15, 0.2) is 0 Å². The van der Waals surface area contributed by atoms with Crippen molar-refractivity contribution >= 4 is 11.9 Å². The quantitative estimate of drug-likeness (QED) is 0.558. The summed E-state index contributed by atoms with van der Waals surface area (Å²) in [6.07, 6.45) is 0.271. The van der Waals surface area contributed by atoms with Gasteiger partial charge in [-0.1, -0.05) is 6.92 Å². The number of methoxy groups -OCH3 is 1. The number of carbonyl (C=O) groups is 2. The van der Waals surface area contributed by atoms with Crippen molar-refractivity contribution in [2.24, 2.45) is 11.1 Å². The van der Waals surface area contributed by atoms with Gasteiger partial charge in [-0.2, -0.15) is 0 Å². The molecule has 1 amide bonds. The molecule has 0 spiro atoms. The monoisotopic (exact) mass is 246 g/mol.